The molecule has 0 fully saturated rings. The molecule has 0 aromatic heterocycles. The second-order valence-corrected chi connectivity index (χ2v) is 6.42. The van der Waals surface area contributed by atoms with Gasteiger partial charge in [-0.15, -0.1) is 0 Å². The lowest BCUT2D eigenvalue weighted by Gasteiger charge is -2.21. The quantitative estimate of drug-likeness (QED) is 0.733. The Kier molecular flexibility index (Phi) is 6.90. The van der Waals surface area contributed by atoms with Gasteiger partial charge < -0.3 is 10.5 Å². The zero-order valence-corrected chi connectivity index (χ0v) is 13.0. The van der Waals surface area contributed by atoms with E-state index in [0.29, 0.717) is 6.61 Å². The van der Waals surface area contributed by atoms with Gasteiger partial charge in [-0.1, -0.05) is 48.3 Å². The Balaban J connectivity index is 2.09. The average molecular weight is 314 g/mol. The summed E-state index contributed by atoms with van der Waals surface area (Å²) in [5, 5.41) is 0. The molecular weight excluding hydrogens is 290 g/mol. The third kappa shape index (κ3) is 6.53. The summed E-state index contributed by atoms with van der Waals surface area (Å²) in [5.41, 5.74) is 7.18. The zero-order chi connectivity index (χ0) is 13.4. The molecule has 0 atom stereocenters. The van der Waals surface area contributed by atoms with Crippen LogP contribution in [0.1, 0.15) is 38.7 Å². The molecular formula is C15H24BrNO. The van der Waals surface area contributed by atoms with Gasteiger partial charge in [-0.3, -0.25) is 0 Å². The van der Waals surface area contributed by atoms with Crippen LogP contribution >= 0.6 is 15.9 Å². The second kappa shape index (κ2) is 7.93. The molecule has 0 heterocycles. The van der Waals surface area contributed by atoms with E-state index in [2.05, 4.69) is 41.9 Å². The van der Waals surface area contributed by atoms with Crippen molar-refractivity contribution in [2.45, 2.75) is 39.7 Å². The minimum Gasteiger partial charge on any atom is -0.377 e. The highest BCUT2D eigenvalue weighted by Crippen LogP contribution is 2.21. The Bertz CT molecular complexity index is 352. The maximum atomic E-state index is 5.70. The molecule has 102 valence electrons. The first kappa shape index (κ1) is 15.7. The Hall–Kier alpha value is -0.380. The van der Waals surface area contributed by atoms with Crippen LogP contribution in [0, 0.1) is 5.41 Å². The van der Waals surface area contributed by atoms with Crippen molar-refractivity contribution in [1.29, 1.82) is 0 Å². The van der Waals surface area contributed by atoms with E-state index in [1.807, 2.05) is 12.1 Å². The smallest absolute Gasteiger partial charge is 0.0717 e. The molecule has 1 rings (SSSR count). The van der Waals surface area contributed by atoms with E-state index in [-0.39, 0.29) is 5.41 Å². The van der Waals surface area contributed by atoms with E-state index in [9.17, 15) is 0 Å². The molecule has 18 heavy (non-hydrogen) atoms. The SMILES string of the molecule is CC(C)(CN)CCCCOCc1cccc(Br)c1. The molecule has 0 aliphatic heterocycles. The molecule has 0 saturated heterocycles. The Morgan fingerprint density at radius 1 is 1.28 bits per heavy atom. The van der Waals surface area contributed by atoms with Crippen LogP contribution < -0.4 is 5.73 Å². The normalized spacial score (nSPS) is 11.8. The average Bonchev–Trinajstić information content (AvgIpc) is 2.34. The number of rotatable bonds is 8. The van der Waals surface area contributed by atoms with E-state index in [1.54, 1.807) is 0 Å². The summed E-state index contributed by atoms with van der Waals surface area (Å²) in [7, 11) is 0. The van der Waals surface area contributed by atoms with Crippen molar-refractivity contribution in [2.75, 3.05) is 13.2 Å². The second-order valence-electron chi connectivity index (χ2n) is 5.51. The maximum Gasteiger partial charge on any atom is 0.0717 e. The predicted octanol–water partition coefficient (Wildman–Crippen LogP) is 4.12. The fraction of sp³-hybridized carbons (Fsp3) is 0.600. The van der Waals surface area contributed by atoms with Gasteiger partial charge in [0.25, 0.3) is 0 Å². The van der Waals surface area contributed by atoms with Crippen LogP contribution in [-0.4, -0.2) is 13.2 Å². The van der Waals surface area contributed by atoms with Crippen LogP contribution in [-0.2, 0) is 11.3 Å². The number of benzene rings is 1. The highest BCUT2D eigenvalue weighted by molar-refractivity contribution is 9.10. The topological polar surface area (TPSA) is 35.2 Å². The maximum absolute atomic E-state index is 5.70. The van der Waals surface area contributed by atoms with Crippen molar-refractivity contribution in [3.63, 3.8) is 0 Å². The van der Waals surface area contributed by atoms with Gasteiger partial charge in [0.2, 0.25) is 0 Å². The molecule has 0 bridgehead atoms. The van der Waals surface area contributed by atoms with Crippen LogP contribution in [0.25, 0.3) is 0 Å². The fourth-order valence-electron chi connectivity index (χ4n) is 1.73. The Labute approximate surface area is 119 Å². The molecule has 3 heteroatoms. The van der Waals surface area contributed by atoms with E-state index >= 15 is 0 Å². The van der Waals surface area contributed by atoms with Gasteiger partial charge in [-0.25, -0.2) is 0 Å². The molecule has 2 nitrogen and oxygen atoms in total. The monoisotopic (exact) mass is 313 g/mol. The van der Waals surface area contributed by atoms with Crippen LogP contribution in [0.4, 0.5) is 0 Å². The number of hydrogen-bond acceptors (Lipinski definition) is 2. The number of halogens is 1. The first-order valence-corrected chi connectivity index (χ1v) is 7.35. The van der Waals surface area contributed by atoms with Crippen LogP contribution in [0.3, 0.4) is 0 Å². The lowest BCUT2D eigenvalue weighted by molar-refractivity contribution is 0.114. The van der Waals surface area contributed by atoms with Crippen LogP contribution in [0.2, 0.25) is 0 Å². The Morgan fingerprint density at radius 2 is 2.06 bits per heavy atom. The van der Waals surface area contributed by atoms with Gasteiger partial charge in [0.1, 0.15) is 0 Å². The largest absolute Gasteiger partial charge is 0.377 e. The predicted molar refractivity (Wildman–Crippen MR) is 80.5 cm³/mol. The van der Waals surface area contributed by atoms with Crippen molar-refractivity contribution in [1.82, 2.24) is 0 Å². The summed E-state index contributed by atoms with van der Waals surface area (Å²) in [6.45, 7) is 6.71. The van der Waals surface area contributed by atoms with Crippen molar-refractivity contribution >= 4 is 15.9 Å². The molecule has 2 N–H and O–H groups in total. The number of hydrogen-bond donors (Lipinski definition) is 1. The van der Waals surface area contributed by atoms with Crippen molar-refractivity contribution < 1.29 is 4.74 Å². The van der Waals surface area contributed by atoms with Gasteiger partial charge in [0.05, 0.1) is 6.61 Å². The lowest BCUT2D eigenvalue weighted by atomic mass is 9.87. The Morgan fingerprint density at radius 3 is 2.72 bits per heavy atom. The van der Waals surface area contributed by atoms with Gasteiger partial charge >= 0.3 is 0 Å². The summed E-state index contributed by atoms with van der Waals surface area (Å²) in [5.74, 6) is 0. The number of nitrogens with two attached hydrogens (primary N) is 1. The van der Waals surface area contributed by atoms with Crippen molar-refractivity contribution in [2.24, 2.45) is 11.1 Å². The van der Waals surface area contributed by atoms with E-state index in [0.717, 1.165) is 24.0 Å². The minimum atomic E-state index is 0.268. The van der Waals surface area contributed by atoms with Crippen LogP contribution in [0.5, 0.6) is 0 Å². The van der Waals surface area contributed by atoms with Gasteiger partial charge in [0, 0.05) is 11.1 Å². The van der Waals surface area contributed by atoms with Crippen LogP contribution in [0.15, 0.2) is 28.7 Å². The molecule has 0 unspecified atom stereocenters. The van der Waals surface area contributed by atoms with Gasteiger partial charge in [0.15, 0.2) is 0 Å². The number of unbranched alkanes of at least 4 members (excludes halogenated alkanes) is 1. The molecule has 0 radical (unpaired) electrons. The first-order valence-electron chi connectivity index (χ1n) is 6.56. The van der Waals surface area contributed by atoms with Crippen molar-refractivity contribution in [3.8, 4) is 0 Å². The van der Waals surface area contributed by atoms with E-state index < -0.39 is 0 Å². The highest BCUT2D eigenvalue weighted by atomic mass is 79.9. The number of ether oxygens (including phenoxy) is 1. The third-order valence-corrected chi connectivity index (χ3v) is 3.60. The summed E-state index contributed by atoms with van der Waals surface area (Å²) in [6.07, 6.45) is 3.46. The molecule has 0 saturated carbocycles. The summed E-state index contributed by atoms with van der Waals surface area (Å²) >= 11 is 3.46. The molecule has 0 aliphatic rings. The zero-order valence-electron chi connectivity index (χ0n) is 11.4. The molecule has 0 amide bonds. The van der Waals surface area contributed by atoms with Gasteiger partial charge in [-0.05, 0) is 42.5 Å². The van der Waals surface area contributed by atoms with Crippen molar-refractivity contribution in [3.05, 3.63) is 34.3 Å². The fourth-order valence-corrected chi connectivity index (χ4v) is 2.17. The minimum absolute atomic E-state index is 0.268. The standard InChI is InChI=1S/C15H24BrNO/c1-15(2,12-17)8-3-4-9-18-11-13-6-5-7-14(16)10-13/h5-7,10H,3-4,8-9,11-12,17H2,1-2H3. The summed E-state index contributed by atoms with van der Waals surface area (Å²) in [6, 6.07) is 8.24. The van der Waals surface area contributed by atoms with E-state index in [4.69, 9.17) is 10.5 Å². The first-order chi connectivity index (χ1) is 8.53. The molecule has 1 aromatic rings. The van der Waals surface area contributed by atoms with E-state index in [1.165, 1.54) is 18.4 Å². The van der Waals surface area contributed by atoms with Gasteiger partial charge in [-0.2, -0.15) is 0 Å². The molecule has 0 spiro atoms. The summed E-state index contributed by atoms with van der Waals surface area (Å²) in [4.78, 5) is 0. The summed E-state index contributed by atoms with van der Waals surface area (Å²) < 4.78 is 6.78. The highest BCUT2D eigenvalue weighted by Gasteiger charge is 2.14. The molecule has 0 aliphatic carbocycles. The molecule has 1 aromatic carbocycles. The lowest BCUT2D eigenvalue weighted by Crippen LogP contribution is -2.23. The third-order valence-electron chi connectivity index (χ3n) is 3.10.